The topological polar surface area (TPSA) is 65.4 Å². The van der Waals surface area contributed by atoms with Crippen molar-refractivity contribution >= 4 is 5.91 Å². The molecule has 0 aromatic carbocycles. The van der Waals surface area contributed by atoms with Gasteiger partial charge in [0, 0.05) is 18.2 Å². The normalized spacial score (nSPS) is 22.6. The Kier molecular flexibility index (Phi) is 4.23. The van der Waals surface area contributed by atoms with Crippen molar-refractivity contribution in [3.8, 4) is 0 Å². The predicted molar refractivity (Wildman–Crippen MR) is 82.1 cm³/mol. The quantitative estimate of drug-likeness (QED) is 0.919. The first-order valence-electron chi connectivity index (χ1n) is 8.03. The Balaban J connectivity index is 1.67. The molecule has 6 heteroatoms. The SMILES string of the molecule is CC(C)(C)n1nc(C(=O)NCC2COCCO2)cc1C1CC1. The highest BCUT2D eigenvalue weighted by atomic mass is 16.6. The van der Waals surface area contributed by atoms with Gasteiger partial charge in [0.05, 0.1) is 31.5 Å². The minimum Gasteiger partial charge on any atom is -0.376 e. The molecule has 0 spiro atoms. The minimum atomic E-state index is -0.140. The van der Waals surface area contributed by atoms with Gasteiger partial charge in [-0.15, -0.1) is 0 Å². The molecule has 1 saturated carbocycles. The monoisotopic (exact) mass is 307 g/mol. The van der Waals surface area contributed by atoms with E-state index >= 15 is 0 Å². The second-order valence-corrected chi connectivity index (χ2v) is 7.09. The van der Waals surface area contributed by atoms with Gasteiger partial charge in [0.15, 0.2) is 0 Å². The number of amides is 1. The zero-order valence-electron chi connectivity index (χ0n) is 13.6. The summed E-state index contributed by atoms with van der Waals surface area (Å²) in [6.07, 6.45) is 2.32. The number of carbonyl (C=O) groups is 1. The Hall–Kier alpha value is -1.40. The van der Waals surface area contributed by atoms with Crippen LogP contribution in [0, 0.1) is 0 Å². The third-order valence-corrected chi connectivity index (χ3v) is 3.98. The fraction of sp³-hybridized carbons (Fsp3) is 0.750. The van der Waals surface area contributed by atoms with Gasteiger partial charge in [0.25, 0.3) is 5.91 Å². The van der Waals surface area contributed by atoms with E-state index in [4.69, 9.17) is 9.47 Å². The molecular formula is C16H25N3O3. The minimum absolute atomic E-state index is 0.0645. The van der Waals surface area contributed by atoms with Crippen LogP contribution < -0.4 is 5.32 Å². The van der Waals surface area contributed by atoms with E-state index in [1.54, 1.807) is 0 Å². The van der Waals surface area contributed by atoms with E-state index < -0.39 is 0 Å². The molecule has 1 aromatic rings. The first kappa shape index (κ1) is 15.5. The molecule has 1 atom stereocenters. The summed E-state index contributed by atoms with van der Waals surface area (Å²) < 4.78 is 12.9. The van der Waals surface area contributed by atoms with E-state index in [0.717, 1.165) is 0 Å². The number of aromatic nitrogens is 2. The highest BCUT2D eigenvalue weighted by Gasteiger charge is 2.32. The zero-order valence-corrected chi connectivity index (χ0v) is 13.6. The molecule has 1 amide bonds. The Bertz CT molecular complexity index is 537. The maximum absolute atomic E-state index is 12.3. The molecule has 1 aromatic heterocycles. The van der Waals surface area contributed by atoms with E-state index in [2.05, 4.69) is 31.2 Å². The van der Waals surface area contributed by atoms with Gasteiger partial charge in [0.2, 0.25) is 0 Å². The third kappa shape index (κ3) is 3.50. The van der Waals surface area contributed by atoms with Crippen LogP contribution >= 0.6 is 0 Å². The molecule has 2 fully saturated rings. The number of nitrogens with zero attached hydrogens (tertiary/aromatic N) is 2. The molecule has 1 N–H and O–H groups in total. The summed E-state index contributed by atoms with van der Waals surface area (Å²) in [6, 6.07) is 1.94. The molecule has 2 aliphatic rings. The number of rotatable bonds is 4. The van der Waals surface area contributed by atoms with Crippen molar-refractivity contribution in [2.45, 2.75) is 51.2 Å². The highest BCUT2D eigenvalue weighted by Crippen LogP contribution is 2.41. The molecule has 6 nitrogen and oxygen atoms in total. The lowest BCUT2D eigenvalue weighted by Crippen LogP contribution is -2.39. The highest BCUT2D eigenvalue weighted by molar-refractivity contribution is 5.92. The van der Waals surface area contributed by atoms with E-state index in [-0.39, 0.29) is 17.6 Å². The third-order valence-electron chi connectivity index (χ3n) is 3.98. The second-order valence-electron chi connectivity index (χ2n) is 7.09. The Morgan fingerprint density at radius 3 is 2.77 bits per heavy atom. The summed E-state index contributed by atoms with van der Waals surface area (Å²) in [5, 5.41) is 7.44. The van der Waals surface area contributed by atoms with E-state index in [9.17, 15) is 4.79 Å². The average molecular weight is 307 g/mol. The van der Waals surface area contributed by atoms with Gasteiger partial charge in [-0.3, -0.25) is 9.48 Å². The number of ether oxygens (including phenoxy) is 2. The summed E-state index contributed by atoms with van der Waals surface area (Å²) in [6.45, 7) is 8.54. The van der Waals surface area contributed by atoms with Crippen molar-refractivity contribution in [1.82, 2.24) is 15.1 Å². The summed E-state index contributed by atoms with van der Waals surface area (Å²) in [4.78, 5) is 12.3. The van der Waals surface area contributed by atoms with Gasteiger partial charge in [-0.2, -0.15) is 5.10 Å². The molecule has 122 valence electrons. The maximum atomic E-state index is 12.3. The Morgan fingerprint density at radius 1 is 1.41 bits per heavy atom. The van der Waals surface area contributed by atoms with Gasteiger partial charge in [-0.05, 0) is 39.7 Å². The van der Waals surface area contributed by atoms with Crippen LogP contribution in [0.3, 0.4) is 0 Å². The molecule has 1 aliphatic carbocycles. The van der Waals surface area contributed by atoms with E-state index in [0.29, 0.717) is 38.0 Å². The van der Waals surface area contributed by atoms with Gasteiger partial charge >= 0.3 is 0 Å². The largest absolute Gasteiger partial charge is 0.376 e. The lowest BCUT2D eigenvalue weighted by atomic mass is 10.1. The molecule has 0 radical (unpaired) electrons. The van der Waals surface area contributed by atoms with Crippen molar-refractivity contribution in [2.24, 2.45) is 0 Å². The van der Waals surface area contributed by atoms with Crippen LogP contribution in [0.15, 0.2) is 6.07 Å². The maximum Gasteiger partial charge on any atom is 0.271 e. The van der Waals surface area contributed by atoms with Crippen molar-refractivity contribution < 1.29 is 14.3 Å². The van der Waals surface area contributed by atoms with Crippen molar-refractivity contribution in [3.05, 3.63) is 17.5 Å². The van der Waals surface area contributed by atoms with Gasteiger partial charge in [-0.25, -0.2) is 0 Å². The summed E-state index contributed by atoms with van der Waals surface area (Å²) in [5.74, 6) is 0.419. The number of carbonyl (C=O) groups excluding carboxylic acids is 1. The summed E-state index contributed by atoms with van der Waals surface area (Å²) >= 11 is 0. The van der Waals surface area contributed by atoms with Crippen molar-refractivity contribution in [3.63, 3.8) is 0 Å². The van der Waals surface area contributed by atoms with E-state index in [1.807, 2.05) is 10.7 Å². The molecule has 22 heavy (non-hydrogen) atoms. The molecule has 1 saturated heterocycles. The fourth-order valence-corrected chi connectivity index (χ4v) is 2.67. The van der Waals surface area contributed by atoms with Crippen molar-refractivity contribution in [1.29, 1.82) is 0 Å². The number of nitrogens with one attached hydrogen (secondary N) is 1. The Morgan fingerprint density at radius 2 is 2.18 bits per heavy atom. The number of hydrogen-bond donors (Lipinski definition) is 1. The van der Waals surface area contributed by atoms with Crippen LogP contribution in [0.2, 0.25) is 0 Å². The smallest absolute Gasteiger partial charge is 0.271 e. The fourth-order valence-electron chi connectivity index (χ4n) is 2.67. The molecule has 0 bridgehead atoms. The van der Waals surface area contributed by atoms with Crippen LogP contribution in [0.1, 0.15) is 55.7 Å². The van der Waals surface area contributed by atoms with Gasteiger partial charge in [-0.1, -0.05) is 0 Å². The average Bonchev–Trinajstić information content (AvgIpc) is 3.23. The molecule has 1 unspecified atom stereocenters. The van der Waals surface area contributed by atoms with Gasteiger partial charge < -0.3 is 14.8 Å². The lowest BCUT2D eigenvalue weighted by Gasteiger charge is -2.23. The first-order valence-corrected chi connectivity index (χ1v) is 8.03. The first-order chi connectivity index (χ1) is 10.4. The van der Waals surface area contributed by atoms with Crippen LogP contribution in [0.25, 0.3) is 0 Å². The van der Waals surface area contributed by atoms with Crippen LogP contribution in [0.4, 0.5) is 0 Å². The van der Waals surface area contributed by atoms with Crippen LogP contribution in [-0.2, 0) is 15.0 Å². The zero-order chi connectivity index (χ0) is 15.7. The summed E-state index contributed by atoms with van der Waals surface area (Å²) in [7, 11) is 0. The molecule has 3 rings (SSSR count). The summed E-state index contributed by atoms with van der Waals surface area (Å²) in [5.41, 5.74) is 1.56. The number of hydrogen-bond acceptors (Lipinski definition) is 4. The lowest BCUT2D eigenvalue weighted by molar-refractivity contribution is -0.0855. The molecule has 1 aliphatic heterocycles. The van der Waals surface area contributed by atoms with E-state index in [1.165, 1.54) is 18.5 Å². The van der Waals surface area contributed by atoms with Crippen molar-refractivity contribution in [2.75, 3.05) is 26.4 Å². The second kappa shape index (κ2) is 6.01. The molecular weight excluding hydrogens is 282 g/mol. The van der Waals surface area contributed by atoms with Gasteiger partial charge in [0.1, 0.15) is 5.69 Å². The predicted octanol–water partition coefficient (Wildman–Crippen LogP) is 1.66. The van der Waals surface area contributed by atoms with Crippen LogP contribution in [-0.4, -0.2) is 48.2 Å². The molecule has 2 heterocycles. The van der Waals surface area contributed by atoms with Crippen LogP contribution in [0.5, 0.6) is 0 Å². The Labute approximate surface area is 131 Å². The standard InChI is InChI=1S/C16H25N3O3/c1-16(2,3)19-14(11-4-5-11)8-13(18-19)15(20)17-9-12-10-21-6-7-22-12/h8,11-12H,4-7,9-10H2,1-3H3,(H,17,20).